The standard InChI is InChI=1S/C7H7NO4/c9-4-1-6(10)5(8-3-4)2-7(11)12/h1,3,9-10H,2H2,(H,11,12). The van der Waals surface area contributed by atoms with E-state index in [0.717, 1.165) is 12.3 Å². The molecule has 0 bridgehead atoms. The Bertz CT molecular complexity index is 310. The van der Waals surface area contributed by atoms with Gasteiger partial charge in [-0.05, 0) is 0 Å². The predicted octanol–water partition coefficient (Wildman–Crippen LogP) is 0.120. The predicted molar refractivity (Wildman–Crippen MR) is 38.9 cm³/mol. The molecule has 0 amide bonds. The number of aliphatic carboxylic acids is 1. The summed E-state index contributed by atoms with van der Waals surface area (Å²) >= 11 is 0. The Hall–Kier alpha value is -1.78. The fourth-order valence-corrected chi connectivity index (χ4v) is 0.750. The summed E-state index contributed by atoms with van der Waals surface area (Å²) in [5.74, 6) is -1.58. The zero-order valence-electron chi connectivity index (χ0n) is 6.06. The summed E-state index contributed by atoms with van der Waals surface area (Å²) in [6.07, 6.45) is 0.726. The molecule has 64 valence electrons. The van der Waals surface area contributed by atoms with Gasteiger partial charge in [-0.15, -0.1) is 0 Å². The number of carbonyl (C=O) groups is 1. The summed E-state index contributed by atoms with van der Waals surface area (Å²) in [5.41, 5.74) is 0.0419. The Morgan fingerprint density at radius 1 is 1.50 bits per heavy atom. The van der Waals surface area contributed by atoms with Crippen LogP contribution in [0.4, 0.5) is 0 Å². The van der Waals surface area contributed by atoms with Crippen molar-refractivity contribution in [3.63, 3.8) is 0 Å². The van der Waals surface area contributed by atoms with Crippen LogP contribution in [0.1, 0.15) is 5.69 Å². The van der Waals surface area contributed by atoms with Crippen molar-refractivity contribution in [3.05, 3.63) is 18.0 Å². The van der Waals surface area contributed by atoms with Crippen LogP contribution in [0, 0.1) is 0 Å². The first-order chi connectivity index (χ1) is 5.59. The lowest BCUT2D eigenvalue weighted by Gasteiger charge is -1.99. The van der Waals surface area contributed by atoms with Crippen LogP contribution in [0.25, 0.3) is 0 Å². The summed E-state index contributed by atoms with van der Waals surface area (Å²) in [5, 5.41) is 26.2. The van der Waals surface area contributed by atoms with Crippen LogP contribution in [-0.2, 0) is 11.2 Å². The summed E-state index contributed by atoms with van der Waals surface area (Å²) in [6.45, 7) is 0. The molecule has 0 aliphatic rings. The second-order valence-electron chi connectivity index (χ2n) is 2.23. The summed E-state index contributed by atoms with van der Waals surface area (Å²) in [4.78, 5) is 13.7. The Kier molecular flexibility index (Phi) is 2.14. The smallest absolute Gasteiger partial charge is 0.309 e. The second-order valence-corrected chi connectivity index (χ2v) is 2.23. The average Bonchev–Trinajstić information content (AvgIpc) is 1.94. The molecule has 0 fully saturated rings. The maximum Gasteiger partial charge on any atom is 0.309 e. The third kappa shape index (κ3) is 1.85. The molecule has 5 nitrogen and oxygen atoms in total. The molecule has 1 rings (SSSR count). The molecule has 1 aromatic heterocycles. The number of carboxylic acids is 1. The Balaban J connectivity index is 2.93. The quantitative estimate of drug-likeness (QED) is 0.584. The van der Waals surface area contributed by atoms with Gasteiger partial charge in [0.15, 0.2) is 0 Å². The highest BCUT2D eigenvalue weighted by molar-refractivity contribution is 5.70. The molecule has 0 radical (unpaired) electrons. The number of nitrogens with zero attached hydrogens (tertiary/aromatic N) is 1. The Labute approximate surface area is 67.9 Å². The maximum absolute atomic E-state index is 10.2. The molecule has 0 aromatic carbocycles. The molecule has 3 N–H and O–H groups in total. The van der Waals surface area contributed by atoms with Gasteiger partial charge in [0, 0.05) is 6.07 Å². The largest absolute Gasteiger partial charge is 0.506 e. The SMILES string of the molecule is O=C(O)Cc1ncc(O)cc1O. The van der Waals surface area contributed by atoms with E-state index >= 15 is 0 Å². The van der Waals surface area contributed by atoms with Gasteiger partial charge in [-0.3, -0.25) is 9.78 Å². The van der Waals surface area contributed by atoms with Crippen molar-refractivity contribution >= 4 is 5.97 Å². The average molecular weight is 169 g/mol. The minimum absolute atomic E-state index is 0.0419. The first kappa shape index (κ1) is 8.32. The first-order valence-electron chi connectivity index (χ1n) is 3.18. The fraction of sp³-hybridized carbons (Fsp3) is 0.143. The van der Waals surface area contributed by atoms with E-state index in [4.69, 9.17) is 15.3 Å². The molecular formula is C7H7NO4. The van der Waals surface area contributed by atoms with E-state index < -0.39 is 5.97 Å². The highest BCUT2D eigenvalue weighted by atomic mass is 16.4. The van der Waals surface area contributed by atoms with Crippen LogP contribution >= 0.6 is 0 Å². The number of carboxylic acid groups (broad SMARTS) is 1. The number of aromatic hydroxyl groups is 2. The lowest BCUT2D eigenvalue weighted by Crippen LogP contribution is -2.02. The molecule has 12 heavy (non-hydrogen) atoms. The second kappa shape index (κ2) is 3.08. The van der Waals surface area contributed by atoms with E-state index in [0.29, 0.717) is 0 Å². The molecule has 1 heterocycles. The summed E-state index contributed by atoms with van der Waals surface area (Å²) < 4.78 is 0. The van der Waals surface area contributed by atoms with Gasteiger partial charge < -0.3 is 15.3 Å². The summed E-state index contributed by atoms with van der Waals surface area (Å²) in [7, 11) is 0. The van der Waals surface area contributed by atoms with Gasteiger partial charge in [-0.2, -0.15) is 0 Å². The van der Waals surface area contributed by atoms with Gasteiger partial charge in [0.05, 0.1) is 18.3 Å². The summed E-state index contributed by atoms with van der Waals surface area (Å²) in [6, 6.07) is 1.05. The number of rotatable bonds is 2. The third-order valence-corrected chi connectivity index (χ3v) is 1.25. The number of hydrogen-bond acceptors (Lipinski definition) is 4. The molecule has 5 heteroatoms. The van der Waals surface area contributed by atoms with E-state index in [1.165, 1.54) is 0 Å². The lowest BCUT2D eigenvalue weighted by atomic mass is 10.2. The monoisotopic (exact) mass is 169 g/mol. The minimum atomic E-state index is -1.08. The number of pyridine rings is 1. The Morgan fingerprint density at radius 2 is 2.17 bits per heavy atom. The zero-order chi connectivity index (χ0) is 9.14. The van der Waals surface area contributed by atoms with Crippen molar-refractivity contribution in [2.45, 2.75) is 6.42 Å². The van der Waals surface area contributed by atoms with Gasteiger partial charge in [-0.1, -0.05) is 0 Å². The van der Waals surface area contributed by atoms with E-state index in [2.05, 4.69) is 4.98 Å². The van der Waals surface area contributed by atoms with E-state index in [9.17, 15) is 4.79 Å². The van der Waals surface area contributed by atoms with E-state index in [1.54, 1.807) is 0 Å². The van der Waals surface area contributed by atoms with Gasteiger partial charge >= 0.3 is 5.97 Å². The number of hydrogen-bond donors (Lipinski definition) is 3. The van der Waals surface area contributed by atoms with Crippen LogP contribution < -0.4 is 0 Å². The molecule has 0 unspecified atom stereocenters. The van der Waals surface area contributed by atoms with Crippen molar-refractivity contribution in [2.75, 3.05) is 0 Å². The minimum Gasteiger partial charge on any atom is -0.506 e. The van der Waals surface area contributed by atoms with Gasteiger partial charge in [0.25, 0.3) is 0 Å². The lowest BCUT2D eigenvalue weighted by molar-refractivity contribution is -0.136. The van der Waals surface area contributed by atoms with Crippen LogP contribution in [0.15, 0.2) is 12.3 Å². The topological polar surface area (TPSA) is 90.7 Å². The fourth-order valence-electron chi connectivity index (χ4n) is 0.750. The first-order valence-corrected chi connectivity index (χ1v) is 3.18. The highest BCUT2D eigenvalue weighted by Gasteiger charge is 2.07. The van der Waals surface area contributed by atoms with Crippen molar-refractivity contribution in [1.29, 1.82) is 0 Å². The van der Waals surface area contributed by atoms with Crippen molar-refractivity contribution in [2.24, 2.45) is 0 Å². The van der Waals surface area contributed by atoms with Crippen molar-refractivity contribution < 1.29 is 20.1 Å². The van der Waals surface area contributed by atoms with Crippen LogP contribution in [0.5, 0.6) is 11.5 Å². The van der Waals surface area contributed by atoms with Gasteiger partial charge in [0.1, 0.15) is 11.5 Å². The van der Waals surface area contributed by atoms with E-state index in [1.807, 2.05) is 0 Å². The Morgan fingerprint density at radius 3 is 2.67 bits per heavy atom. The maximum atomic E-state index is 10.2. The molecule has 0 aliphatic carbocycles. The highest BCUT2D eigenvalue weighted by Crippen LogP contribution is 2.19. The molecule has 0 atom stereocenters. The van der Waals surface area contributed by atoms with Crippen LogP contribution in [-0.4, -0.2) is 26.3 Å². The van der Waals surface area contributed by atoms with Gasteiger partial charge in [-0.25, -0.2) is 0 Å². The molecule has 0 spiro atoms. The molecular weight excluding hydrogens is 162 g/mol. The van der Waals surface area contributed by atoms with Crippen LogP contribution in [0.3, 0.4) is 0 Å². The van der Waals surface area contributed by atoms with Crippen molar-refractivity contribution in [3.8, 4) is 11.5 Å². The van der Waals surface area contributed by atoms with Crippen molar-refractivity contribution in [1.82, 2.24) is 4.98 Å². The molecule has 1 aromatic rings. The molecule has 0 saturated carbocycles. The van der Waals surface area contributed by atoms with Gasteiger partial charge in [0.2, 0.25) is 0 Å². The zero-order valence-corrected chi connectivity index (χ0v) is 6.06. The van der Waals surface area contributed by atoms with Crippen LogP contribution in [0.2, 0.25) is 0 Å². The third-order valence-electron chi connectivity index (χ3n) is 1.25. The number of aromatic nitrogens is 1. The molecule has 0 aliphatic heterocycles. The normalized spacial score (nSPS) is 9.67. The van der Waals surface area contributed by atoms with E-state index in [-0.39, 0.29) is 23.6 Å². The molecule has 0 saturated heterocycles.